The van der Waals surface area contributed by atoms with Crippen LogP contribution in [0.15, 0.2) is 108 Å². The van der Waals surface area contributed by atoms with Gasteiger partial charge in [-0.05, 0) is 67.8 Å². The fraction of sp³-hybridized carbons (Fsp3) is 0.278. The number of hydrogen-bond donors (Lipinski definition) is 1. The lowest BCUT2D eigenvalue weighted by molar-refractivity contribution is -0.140. The second kappa shape index (κ2) is 15.4. The molecule has 0 heterocycles. The van der Waals surface area contributed by atoms with Gasteiger partial charge in [0, 0.05) is 19.5 Å². The van der Waals surface area contributed by atoms with E-state index in [1.807, 2.05) is 75.4 Å². The fourth-order valence-electron chi connectivity index (χ4n) is 4.92. The fourth-order valence-corrected chi connectivity index (χ4v) is 6.34. The Hall–Kier alpha value is -4.63. The molecule has 45 heavy (non-hydrogen) atoms. The molecule has 2 amide bonds. The van der Waals surface area contributed by atoms with Crippen LogP contribution in [0.25, 0.3) is 0 Å². The second-order valence-corrected chi connectivity index (χ2v) is 12.9. The number of aryl methyl sites for hydroxylation is 2. The van der Waals surface area contributed by atoms with E-state index >= 15 is 0 Å². The summed E-state index contributed by atoms with van der Waals surface area (Å²) in [7, 11) is -2.68. The first-order valence-electron chi connectivity index (χ1n) is 15.0. The maximum atomic E-state index is 14.5. The molecular formula is C36H41N3O5S. The Bertz CT molecular complexity index is 1660. The van der Waals surface area contributed by atoms with Gasteiger partial charge in [0.25, 0.3) is 10.0 Å². The molecule has 9 heteroatoms. The molecule has 236 valence electrons. The minimum absolute atomic E-state index is 0.0169. The van der Waals surface area contributed by atoms with Crippen LogP contribution in [0.3, 0.4) is 0 Å². The first kappa shape index (κ1) is 33.3. The van der Waals surface area contributed by atoms with E-state index in [4.69, 9.17) is 4.74 Å². The molecule has 0 unspecified atom stereocenters. The van der Waals surface area contributed by atoms with Crippen molar-refractivity contribution in [3.05, 3.63) is 125 Å². The maximum Gasteiger partial charge on any atom is 0.264 e. The Morgan fingerprint density at radius 1 is 0.800 bits per heavy atom. The van der Waals surface area contributed by atoms with Crippen LogP contribution in [0, 0.1) is 13.8 Å². The number of ether oxygens (including phenoxy) is 1. The van der Waals surface area contributed by atoms with Crippen molar-refractivity contribution in [2.24, 2.45) is 0 Å². The topological polar surface area (TPSA) is 96.0 Å². The van der Waals surface area contributed by atoms with Gasteiger partial charge in [0.2, 0.25) is 11.8 Å². The monoisotopic (exact) mass is 627 g/mol. The average molecular weight is 628 g/mol. The minimum Gasteiger partial charge on any atom is -0.497 e. The normalized spacial score (nSPS) is 11.8. The maximum absolute atomic E-state index is 14.5. The zero-order chi connectivity index (χ0) is 32.4. The Kier molecular flexibility index (Phi) is 11.4. The van der Waals surface area contributed by atoms with E-state index < -0.39 is 28.5 Å². The lowest BCUT2D eigenvalue weighted by Gasteiger charge is -2.34. The van der Waals surface area contributed by atoms with E-state index in [1.54, 1.807) is 36.4 Å². The number of nitrogens with zero attached hydrogens (tertiary/aromatic N) is 2. The standard InChI is InChI=1S/C36H41N3O5S/c1-5-23-37-36(41)34(24-29-9-7-6-8-10-29)38(25-30-15-11-27(2)12-16-30)35(40)26-39(31-17-13-28(3)14-18-31)45(42,43)33-21-19-32(44-4)20-22-33/h6-22,34H,5,23-26H2,1-4H3,(H,37,41)/t34-/m1/s1. The van der Waals surface area contributed by atoms with Crippen LogP contribution in [0.4, 0.5) is 5.69 Å². The first-order chi connectivity index (χ1) is 21.6. The van der Waals surface area contributed by atoms with Gasteiger partial charge in [-0.15, -0.1) is 0 Å². The van der Waals surface area contributed by atoms with E-state index in [0.717, 1.165) is 33.0 Å². The Labute approximate surface area is 266 Å². The molecule has 0 aliphatic rings. The van der Waals surface area contributed by atoms with Crippen molar-refractivity contribution in [3.8, 4) is 5.75 Å². The summed E-state index contributed by atoms with van der Waals surface area (Å²) in [6.45, 7) is 5.93. The highest BCUT2D eigenvalue weighted by Crippen LogP contribution is 2.27. The van der Waals surface area contributed by atoms with Crippen LogP contribution < -0.4 is 14.4 Å². The van der Waals surface area contributed by atoms with E-state index in [9.17, 15) is 18.0 Å². The number of carbonyl (C=O) groups excluding carboxylic acids is 2. The van der Waals surface area contributed by atoms with Gasteiger partial charge in [0.05, 0.1) is 17.7 Å². The van der Waals surface area contributed by atoms with Crippen molar-refractivity contribution >= 4 is 27.5 Å². The number of hydrogen-bond acceptors (Lipinski definition) is 5. The average Bonchev–Trinajstić information content (AvgIpc) is 3.05. The number of amides is 2. The highest BCUT2D eigenvalue weighted by atomic mass is 32.2. The first-order valence-corrected chi connectivity index (χ1v) is 16.5. The summed E-state index contributed by atoms with van der Waals surface area (Å²) < 4.78 is 34.6. The molecule has 4 rings (SSSR count). The molecule has 0 aromatic heterocycles. The highest BCUT2D eigenvalue weighted by molar-refractivity contribution is 7.92. The van der Waals surface area contributed by atoms with Gasteiger partial charge >= 0.3 is 0 Å². The number of methoxy groups -OCH3 is 1. The minimum atomic E-state index is -4.19. The summed E-state index contributed by atoms with van der Waals surface area (Å²) >= 11 is 0. The summed E-state index contributed by atoms with van der Waals surface area (Å²) in [6.07, 6.45) is 1.00. The summed E-state index contributed by atoms with van der Waals surface area (Å²) in [4.78, 5) is 29.7. The number of sulfonamides is 1. The summed E-state index contributed by atoms with van der Waals surface area (Å²) in [6, 6.07) is 29.4. The Morgan fingerprint density at radius 3 is 1.98 bits per heavy atom. The van der Waals surface area contributed by atoms with Gasteiger partial charge in [-0.2, -0.15) is 0 Å². The van der Waals surface area contributed by atoms with Crippen LogP contribution in [0.2, 0.25) is 0 Å². The Morgan fingerprint density at radius 2 is 1.40 bits per heavy atom. The molecule has 0 spiro atoms. The lowest BCUT2D eigenvalue weighted by atomic mass is 10.0. The molecule has 0 saturated heterocycles. The van der Waals surface area contributed by atoms with Crippen molar-refractivity contribution < 1.29 is 22.7 Å². The van der Waals surface area contributed by atoms with Crippen LogP contribution in [-0.2, 0) is 32.6 Å². The molecule has 0 radical (unpaired) electrons. The lowest BCUT2D eigenvalue weighted by Crippen LogP contribution is -2.53. The number of benzene rings is 4. The summed E-state index contributed by atoms with van der Waals surface area (Å²) in [5.74, 6) is -0.278. The molecule has 4 aromatic carbocycles. The largest absolute Gasteiger partial charge is 0.497 e. The van der Waals surface area contributed by atoms with Crippen LogP contribution in [0.1, 0.15) is 35.6 Å². The Balaban J connectivity index is 1.78. The summed E-state index contributed by atoms with van der Waals surface area (Å²) in [5, 5.41) is 2.96. The van der Waals surface area contributed by atoms with E-state index in [0.29, 0.717) is 18.0 Å². The molecule has 0 saturated carbocycles. The molecule has 1 N–H and O–H groups in total. The van der Waals surface area contributed by atoms with E-state index in [1.165, 1.54) is 24.1 Å². The number of rotatable bonds is 14. The highest BCUT2D eigenvalue weighted by Gasteiger charge is 2.34. The van der Waals surface area contributed by atoms with Gasteiger partial charge in [-0.1, -0.05) is 84.8 Å². The zero-order valence-electron chi connectivity index (χ0n) is 26.3. The van der Waals surface area contributed by atoms with Crippen LogP contribution in [-0.4, -0.2) is 51.4 Å². The zero-order valence-corrected chi connectivity index (χ0v) is 27.1. The molecular weight excluding hydrogens is 586 g/mol. The van der Waals surface area contributed by atoms with Crippen molar-refractivity contribution in [3.63, 3.8) is 0 Å². The van der Waals surface area contributed by atoms with Crippen LogP contribution >= 0.6 is 0 Å². The predicted octanol–water partition coefficient (Wildman–Crippen LogP) is 5.67. The molecule has 4 aromatic rings. The molecule has 0 aliphatic carbocycles. The van der Waals surface area contributed by atoms with Crippen molar-refractivity contribution in [1.29, 1.82) is 0 Å². The third-order valence-corrected chi connectivity index (χ3v) is 9.33. The molecule has 1 atom stereocenters. The molecule has 0 bridgehead atoms. The van der Waals surface area contributed by atoms with Crippen LogP contribution in [0.5, 0.6) is 5.75 Å². The third kappa shape index (κ3) is 8.73. The molecule has 0 aliphatic heterocycles. The second-order valence-electron chi connectivity index (χ2n) is 11.0. The SMILES string of the molecule is CCCNC(=O)[C@@H](Cc1ccccc1)N(Cc1ccc(C)cc1)C(=O)CN(c1ccc(C)cc1)S(=O)(=O)c1ccc(OC)cc1. The predicted molar refractivity (Wildman–Crippen MR) is 178 cm³/mol. The summed E-state index contributed by atoms with van der Waals surface area (Å²) in [5.41, 5.74) is 4.07. The number of nitrogens with one attached hydrogen (secondary N) is 1. The van der Waals surface area contributed by atoms with Gasteiger partial charge in [0.1, 0.15) is 18.3 Å². The van der Waals surface area contributed by atoms with Gasteiger partial charge in [-0.25, -0.2) is 8.42 Å². The van der Waals surface area contributed by atoms with Gasteiger partial charge in [-0.3, -0.25) is 13.9 Å². The van der Waals surface area contributed by atoms with Crippen molar-refractivity contribution in [1.82, 2.24) is 10.2 Å². The number of anilines is 1. The van der Waals surface area contributed by atoms with E-state index in [2.05, 4.69) is 5.32 Å². The van der Waals surface area contributed by atoms with E-state index in [-0.39, 0.29) is 23.8 Å². The van der Waals surface area contributed by atoms with Gasteiger partial charge in [0.15, 0.2) is 0 Å². The quantitative estimate of drug-likeness (QED) is 0.194. The third-order valence-electron chi connectivity index (χ3n) is 7.54. The molecule has 0 fully saturated rings. The van der Waals surface area contributed by atoms with Gasteiger partial charge < -0.3 is 15.0 Å². The number of carbonyl (C=O) groups is 2. The van der Waals surface area contributed by atoms with Crippen molar-refractivity contribution in [2.45, 2.75) is 51.1 Å². The molecule has 8 nitrogen and oxygen atoms in total. The smallest absolute Gasteiger partial charge is 0.264 e. The van der Waals surface area contributed by atoms with Crippen molar-refractivity contribution in [2.75, 3.05) is 24.5 Å².